The predicted molar refractivity (Wildman–Crippen MR) is 86.6 cm³/mol. The molecule has 4 nitrogen and oxygen atoms in total. The monoisotopic (exact) mass is 323 g/mol. The highest BCUT2D eigenvalue weighted by molar-refractivity contribution is 5.68. The number of rotatable bonds is 3. The van der Waals surface area contributed by atoms with E-state index in [0.29, 0.717) is 19.7 Å². The summed E-state index contributed by atoms with van der Waals surface area (Å²) in [7, 11) is 0. The zero-order valence-electron chi connectivity index (χ0n) is 14.4. The molecule has 1 amide bonds. The number of hydrogen-bond acceptors (Lipinski definition) is 3. The molecular formula is C18H26FNO3. The van der Waals surface area contributed by atoms with Gasteiger partial charge in [0.15, 0.2) is 0 Å². The number of halogens is 1. The zero-order chi connectivity index (χ0) is 17.1. The van der Waals surface area contributed by atoms with Crippen LogP contribution in [0.4, 0.5) is 9.18 Å². The number of hydrogen-bond donors (Lipinski definition) is 0. The molecule has 23 heavy (non-hydrogen) atoms. The Labute approximate surface area is 137 Å². The first kappa shape index (κ1) is 17.7. The first-order valence-electron chi connectivity index (χ1n) is 8.03. The van der Waals surface area contributed by atoms with Gasteiger partial charge in [0.1, 0.15) is 11.4 Å². The molecule has 5 heteroatoms. The quantitative estimate of drug-likeness (QED) is 0.839. The van der Waals surface area contributed by atoms with Crippen LogP contribution in [0.1, 0.15) is 46.1 Å². The molecule has 0 saturated carbocycles. The molecule has 2 rings (SSSR count). The van der Waals surface area contributed by atoms with Crippen molar-refractivity contribution in [1.29, 1.82) is 0 Å². The van der Waals surface area contributed by atoms with Gasteiger partial charge in [-0.25, -0.2) is 9.18 Å². The van der Waals surface area contributed by atoms with E-state index in [1.165, 1.54) is 12.1 Å². The SMILES string of the molecule is CC(C)(C)OC(=O)N1CCC(C)(OCc2ccc(F)cc2)CC1. The normalized spacial score (nSPS) is 17.9. The average molecular weight is 323 g/mol. The first-order valence-corrected chi connectivity index (χ1v) is 8.03. The summed E-state index contributed by atoms with van der Waals surface area (Å²) in [6, 6.07) is 6.33. The molecule has 1 aliphatic heterocycles. The lowest BCUT2D eigenvalue weighted by Gasteiger charge is -2.39. The van der Waals surface area contributed by atoms with Crippen molar-refractivity contribution in [3.05, 3.63) is 35.6 Å². The molecule has 0 atom stereocenters. The zero-order valence-corrected chi connectivity index (χ0v) is 14.4. The summed E-state index contributed by atoms with van der Waals surface area (Å²) in [5.74, 6) is -0.245. The van der Waals surface area contributed by atoms with Crippen LogP contribution in [0.15, 0.2) is 24.3 Å². The molecule has 0 spiro atoms. The maximum absolute atomic E-state index is 12.9. The number of nitrogens with zero attached hydrogens (tertiary/aromatic N) is 1. The summed E-state index contributed by atoms with van der Waals surface area (Å²) in [6.45, 7) is 9.34. The first-order chi connectivity index (χ1) is 10.7. The predicted octanol–water partition coefficient (Wildman–Crippen LogP) is 4.13. The number of carbonyl (C=O) groups excluding carboxylic acids is 1. The van der Waals surface area contributed by atoms with Crippen molar-refractivity contribution >= 4 is 6.09 Å². The summed E-state index contributed by atoms with van der Waals surface area (Å²) in [6.07, 6.45) is 1.25. The fourth-order valence-electron chi connectivity index (χ4n) is 2.47. The van der Waals surface area contributed by atoms with Crippen molar-refractivity contribution < 1.29 is 18.7 Å². The number of carbonyl (C=O) groups is 1. The van der Waals surface area contributed by atoms with Gasteiger partial charge in [-0.2, -0.15) is 0 Å². The number of amides is 1. The van der Waals surface area contributed by atoms with E-state index in [4.69, 9.17) is 9.47 Å². The molecule has 0 aromatic heterocycles. The van der Waals surface area contributed by atoms with E-state index < -0.39 is 5.60 Å². The minimum Gasteiger partial charge on any atom is -0.444 e. The third-order valence-corrected chi connectivity index (χ3v) is 3.97. The van der Waals surface area contributed by atoms with E-state index in [9.17, 15) is 9.18 Å². The summed E-state index contributed by atoms with van der Waals surface area (Å²) in [5.41, 5.74) is 0.200. The highest BCUT2D eigenvalue weighted by Crippen LogP contribution is 2.28. The van der Waals surface area contributed by atoms with Crippen LogP contribution in [0.3, 0.4) is 0 Å². The molecule has 0 radical (unpaired) electrons. The molecule has 0 unspecified atom stereocenters. The van der Waals surface area contributed by atoms with Crippen molar-refractivity contribution in [3.8, 4) is 0 Å². The van der Waals surface area contributed by atoms with Crippen molar-refractivity contribution in [2.45, 2.75) is 58.3 Å². The Kier molecular flexibility index (Phi) is 5.30. The van der Waals surface area contributed by atoms with E-state index in [1.807, 2.05) is 20.8 Å². The second-order valence-corrected chi connectivity index (χ2v) is 7.33. The largest absolute Gasteiger partial charge is 0.444 e. The van der Waals surface area contributed by atoms with Crippen LogP contribution in [0.5, 0.6) is 0 Å². The molecular weight excluding hydrogens is 297 g/mol. The van der Waals surface area contributed by atoms with Crippen LogP contribution >= 0.6 is 0 Å². The van der Waals surface area contributed by atoms with Crippen molar-refractivity contribution in [1.82, 2.24) is 4.90 Å². The van der Waals surface area contributed by atoms with Gasteiger partial charge < -0.3 is 14.4 Å². The van der Waals surface area contributed by atoms with Crippen molar-refractivity contribution in [3.63, 3.8) is 0 Å². The Hall–Kier alpha value is -1.62. The highest BCUT2D eigenvalue weighted by atomic mass is 19.1. The lowest BCUT2D eigenvalue weighted by molar-refractivity contribution is -0.0812. The summed E-state index contributed by atoms with van der Waals surface area (Å²) < 4.78 is 24.3. The number of piperidine rings is 1. The highest BCUT2D eigenvalue weighted by Gasteiger charge is 2.34. The molecule has 0 N–H and O–H groups in total. The number of likely N-dealkylation sites (tertiary alicyclic amines) is 1. The Morgan fingerprint density at radius 3 is 2.30 bits per heavy atom. The third-order valence-electron chi connectivity index (χ3n) is 3.97. The summed E-state index contributed by atoms with van der Waals surface area (Å²) in [4.78, 5) is 13.8. The van der Waals surface area contributed by atoms with Crippen LogP contribution in [-0.4, -0.2) is 35.3 Å². The van der Waals surface area contributed by atoms with Gasteiger partial charge in [-0.15, -0.1) is 0 Å². The second-order valence-electron chi connectivity index (χ2n) is 7.33. The molecule has 1 heterocycles. The molecule has 1 saturated heterocycles. The Morgan fingerprint density at radius 1 is 1.22 bits per heavy atom. The fraction of sp³-hybridized carbons (Fsp3) is 0.611. The molecule has 0 bridgehead atoms. The lowest BCUT2D eigenvalue weighted by atomic mass is 9.93. The second kappa shape index (κ2) is 6.87. The smallest absolute Gasteiger partial charge is 0.410 e. The maximum atomic E-state index is 12.9. The van der Waals surface area contributed by atoms with E-state index in [1.54, 1.807) is 17.0 Å². The molecule has 1 aliphatic rings. The Bertz CT molecular complexity index is 528. The van der Waals surface area contributed by atoms with Gasteiger partial charge in [0.05, 0.1) is 12.2 Å². The van der Waals surface area contributed by atoms with Crippen molar-refractivity contribution in [2.24, 2.45) is 0 Å². The molecule has 1 fully saturated rings. The van der Waals surface area contributed by atoms with Crippen LogP contribution in [0.2, 0.25) is 0 Å². The minimum absolute atomic E-state index is 0.245. The van der Waals surface area contributed by atoms with Gasteiger partial charge in [0, 0.05) is 13.1 Å². The number of benzene rings is 1. The third kappa shape index (κ3) is 5.50. The van der Waals surface area contributed by atoms with E-state index in [-0.39, 0.29) is 17.5 Å². The van der Waals surface area contributed by atoms with E-state index in [2.05, 4.69) is 6.92 Å². The van der Waals surface area contributed by atoms with Crippen LogP contribution < -0.4 is 0 Å². The van der Waals surface area contributed by atoms with Crippen LogP contribution in [-0.2, 0) is 16.1 Å². The Morgan fingerprint density at radius 2 is 1.78 bits per heavy atom. The molecule has 1 aromatic carbocycles. The van der Waals surface area contributed by atoms with Crippen LogP contribution in [0.25, 0.3) is 0 Å². The minimum atomic E-state index is -0.475. The van der Waals surface area contributed by atoms with Gasteiger partial charge >= 0.3 is 6.09 Å². The summed E-state index contributed by atoms with van der Waals surface area (Å²) in [5, 5.41) is 0. The van der Waals surface area contributed by atoms with Gasteiger partial charge in [0.2, 0.25) is 0 Å². The topological polar surface area (TPSA) is 38.8 Å². The van der Waals surface area contributed by atoms with E-state index in [0.717, 1.165) is 18.4 Å². The van der Waals surface area contributed by atoms with Gasteiger partial charge in [-0.1, -0.05) is 12.1 Å². The van der Waals surface area contributed by atoms with Crippen molar-refractivity contribution in [2.75, 3.05) is 13.1 Å². The molecule has 1 aromatic rings. The maximum Gasteiger partial charge on any atom is 0.410 e. The van der Waals surface area contributed by atoms with Gasteiger partial charge in [-0.3, -0.25) is 0 Å². The Balaban J connectivity index is 1.82. The van der Waals surface area contributed by atoms with Crippen LogP contribution in [0, 0.1) is 5.82 Å². The lowest BCUT2D eigenvalue weighted by Crippen LogP contribution is -2.47. The fourth-order valence-corrected chi connectivity index (χ4v) is 2.47. The molecule has 0 aliphatic carbocycles. The van der Waals surface area contributed by atoms with Gasteiger partial charge in [0.25, 0.3) is 0 Å². The average Bonchev–Trinajstić information content (AvgIpc) is 2.46. The molecule has 128 valence electrons. The van der Waals surface area contributed by atoms with Gasteiger partial charge in [-0.05, 0) is 58.2 Å². The van der Waals surface area contributed by atoms with E-state index >= 15 is 0 Å². The summed E-state index contributed by atoms with van der Waals surface area (Å²) >= 11 is 0. The standard InChI is InChI=1S/C18H26FNO3/c1-17(2,3)23-16(21)20-11-9-18(4,10-12-20)22-13-14-5-7-15(19)8-6-14/h5-8H,9-13H2,1-4H3. The number of ether oxygens (including phenoxy) is 2.